The van der Waals surface area contributed by atoms with E-state index in [-0.39, 0.29) is 0 Å². The second-order valence-electron chi connectivity index (χ2n) is 2.52. The molecule has 0 amide bonds. The maximum Gasteiger partial charge on any atom is 0.191 e. The Kier molecular flexibility index (Phi) is 5.00. The summed E-state index contributed by atoms with van der Waals surface area (Å²) in [5, 5.41) is 8.93. The minimum Gasteiger partial charge on any atom is -0.324 e. The number of hydrogen-bond donors (Lipinski definition) is 1. The summed E-state index contributed by atoms with van der Waals surface area (Å²) in [4.78, 5) is 0. The third-order valence-electron chi connectivity index (χ3n) is 1.69. The number of hydrogen-bond acceptors (Lipinski definition) is 4. The Labute approximate surface area is 92.5 Å². The van der Waals surface area contributed by atoms with Crippen LogP contribution in [0, 0.1) is 0 Å². The van der Waals surface area contributed by atoms with Gasteiger partial charge in [0.15, 0.2) is 5.16 Å². The van der Waals surface area contributed by atoms with Gasteiger partial charge in [0.25, 0.3) is 0 Å². The quantitative estimate of drug-likeness (QED) is 0.784. The lowest BCUT2D eigenvalue weighted by Crippen LogP contribution is -2.08. The first-order valence-electron chi connectivity index (χ1n) is 4.33. The standard InChI is InChI=1S/C8H13ClN4S/c1-2-13-7(6-10)11-12-8(13)14-5-3-4-9/h3-4H,2,5-6,10H2,1H3. The summed E-state index contributed by atoms with van der Waals surface area (Å²) in [5.41, 5.74) is 7.03. The molecule has 0 bridgehead atoms. The van der Waals surface area contributed by atoms with Gasteiger partial charge in [0.2, 0.25) is 0 Å². The Morgan fingerprint density at radius 2 is 2.36 bits per heavy atom. The van der Waals surface area contributed by atoms with Gasteiger partial charge in [-0.15, -0.1) is 10.2 Å². The Morgan fingerprint density at radius 3 is 2.93 bits per heavy atom. The molecule has 4 nitrogen and oxygen atoms in total. The fourth-order valence-corrected chi connectivity index (χ4v) is 2.08. The van der Waals surface area contributed by atoms with E-state index in [1.165, 1.54) is 5.54 Å². The van der Waals surface area contributed by atoms with Crippen molar-refractivity contribution in [1.82, 2.24) is 14.8 Å². The van der Waals surface area contributed by atoms with Crippen molar-refractivity contribution in [1.29, 1.82) is 0 Å². The van der Waals surface area contributed by atoms with Crippen molar-refractivity contribution in [2.24, 2.45) is 5.73 Å². The zero-order valence-corrected chi connectivity index (χ0v) is 9.55. The Morgan fingerprint density at radius 1 is 1.57 bits per heavy atom. The fourth-order valence-electron chi connectivity index (χ4n) is 1.05. The van der Waals surface area contributed by atoms with Crippen molar-refractivity contribution in [2.75, 3.05) is 5.75 Å². The molecule has 0 unspecified atom stereocenters. The molecule has 0 spiro atoms. The molecule has 0 saturated carbocycles. The van der Waals surface area contributed by atoms with Crippen LogP contribution in [-0.2, 0) is 13.1 Å². The van der Waals surface area contributed by atoms with Crippen LogP contribution in [0.15, 0.2) is 16.8 Å². The Hall–Kier alpha value is -0.520. The highest BCUT2D eigenvalue weighted by atomic mass is 35.5. The highest BCUT2D eigenvalue weighted by Crippen LogP contribution is 2.16. The third kappa shape index (κ3) is 2.73. The smallest absolute Gasteiger partial charge is 0.191 e. The molecule has 0 aliphatic heterocycles. The average molecular weight is 233 g/mol. The van der Waals surface area contributed by atoms with Crippen LogP contribution >= 0.6 is 23.4 Å². The molecule has 0 aliphatic carbocycles. The van der Waals surface area contributed by atoms with E-state index >= 15 is 0 Å². The van der Waals surface area contributed by atoms with Crippen LogP contribution in [0.25, 0.3) is 0 Å². The van der Waals surface area contributed by atoms with Crippen molar-refractivity contribution >= 4 is 23.4 Å². The van der Waals surface area contributed by atoms with Gasteiger partial charge in [-0.3, -0.25) is 0 Å². The monoisotopic (exact) mass is 232 g/mol. The molecule has 1 heterocycles. The van der Waals surface area contributed by atoms with Crippen molar-refractivity contribution < 1.29 is 0 Å². The first kappa shape index (κ1) is 11.6. The molecule has 6 heteroatoms. The van der Waals surface area contributed by atoms with Crippen molar-refractivity contribution in [2.45, 2.75) is 25.2 Å². The van der Waals surface area contributed by atoms with Crippen LogP contribution < -0.4 is 5.73 Å². The zero-order chi connectivity index (χ0) is 10.4. The molecule has 0 aliphatic rings. The molecular formula is C8H13ClN4S. The largest absolute Gasteiger partial charge is 0.324 e. The van der Waals surface area contributed by atoms with Crippen molar-refractivity contribution in [3.8, 4) is 0 Å². The predicted octanol–water partition coefficient (Wildman–Crippen LogP) is 1.60. The fraction of sp³-hybridized carbons (Fsp3) is 0.500. The zero-order valence-electron chi connectivity index (χ0n) is 7.98. The molecule has 1 aromatic heterocycles. The first-order chi connectivity index (χ1) is 6.83. The van der Waals surface area contributed by atoms with E-state index in [9.17, 15) is 0 Å². The van der Waals surface area contributed by atoms with Crippen molar-refractivity contribution in [3.05, 3.63) is 17.4 Å². The van der Waals surface area contributed by atoms with Crippen LogP contribution in [0.1, 0.15) is 12.7 Å². The highest BCUT2D eigenvalue weighted by Gasteiger charge is 2.08. The minimum absolute atomic E-state index is 0.423. The van der Waals surface area contributed by atoms with Crippen molar-refractivity contribution in [3.63, 3.8) is 0 Å². The summed E-state index contributed by atoms with van der Waals surface area (Å²) >= 11 is 7.01. The van der Waals surface area contributed by atoms with Gasteiger partial charge in [-0.25, -0.2) is 0 Å². The average Bonchev–Trinajstić information content (AvgIpc) is 2.60. The van der Waals surface area contributed by atoms with E-state index in [0.29, 0.717) is 6.54 Å². The first-order valence-corrected chi connectivity index (χ1v) is 5.75. The van der Waals surface area contributed by atoms with Crippen LogP contribution in [0.2, 0.25) is 0 Å². The molecule has 78 valence electrons. The van der Waals surface area contributed by atoms with E-state index in [2.05, 4.69) is 10.2 Å². The number of aromatic nitrogens is 3. The summed E-state index contributed by atoms with van der Waals surface area (Å²) in [6, 6.07) is 0. The topological polar surface area (TPSA) is 56.7 Å². The molecule has 0 atom stereocenters. The number of rotatable bonds is 5. The second kappa shape index (κ2) is 6.06. The summed E-state index contributed by atoms with van der Waals surface area (Å²) in [5.74, 6) is 1.62. The van der Waals surface area contributed by atoms with Crippen LogP contribution in [0.3, 0.4) is 0 Å². The predicted molar refractivity (Wildman–Crippen MR) is 59.3 cm³/mol. The van der Waals surface area contributed by atoms with Crippen LogP contribution in [-0.4, -0.2) is 20.5 Å². The molecule has 0 saturated heterocycles. The van der Waals surface area contributed by atoms with Gasteiger partial charge < -0.3 is 10.3 Å². The SMILES string of the molecule is CCn1c(CN)nnc1SCC=CCl. The highest BCUT2D eigenvalue weighted by molar-refractivity contribution is 7.99. The lowest BCUT2D eigenvalue weighted by Gasteiger charge is -2.03. The van der Waals surface area contributed by atoms with Crippen LogP contribution in [0.4, 0.5) is 0 Å². The van der Waals surface area contributed by atoms with E-state index in [0.717, 1.165) is 23.3 Å². The lowest BCUT2D eigenvalue weighted by atomic mass is 10.6. The normalized spacial score (nSPS) is 11.4. The third-order valence-corrected chi connectivity index (χ3v) is 2.79. The minimum atomic E-state index is 0.423. The molecule has 14 heavy (non-hydrogen) atoms. The molecule has 0 fully saturated rings. The van der Waals surface area contributed by atoms with E-state index in [1.54, 1.807) is 11.8 Å². The van der Waals surface area contributed by atoms with Gasteiger partial charge in [-0.1, -0.05) is 29.4 Å². The van der Waals surface area contributed by atoms with E-state index in [4.69, 9.17) is 17.3 Å². The molecule has 0 radical (unpaired) electrons. The van der Waals surface area contributed by atoms with E-state index in [1.807, 2.05) is 17.6 Å². The molecule has 0 aromatic carbocycles. The number of halogens is 1. The summed E-state index contributed by atoms with van der Waals surface area (Å²) in [7, 11) is 0. The maximum atomic E-state index is 5.53. The Bertz CT molecular complexity index is 310. The van der Waals surface area contributed by atoms with Gasteiger partial charge in [-0.05, 0) is 6.92 Å². The number of thioether (sulfide) groups is 1. The molecule has 1 aromatic rings. The van der Waals surface area contributed by atoms with E-state index < -0.39 is 0 Å². The molecular weight excluding hydrogens is 220 g/mol. The molecule has 2 N–H and O–H groups in total. The summed E-state index contributed by atoms with van der Waals surface area (Å²) < 4.78 is 2.01. The van der Waals surface area contributed by atoms with Gasteiger partial charge in [-0.2, -0.15) is 0 Å². The van der Waals surface area contributed by atoms with Gasteiger partial charge in [0.1, 0.15) is 5.82 Å². The summed E-state index contributed by atoms with van der Waals surface area (Å²) in [6.45, 7) is 3.31. The maximum absolute atomic E-state index is 5.53. The summed E-state index contributed by atoms with van der Waals surface area (Å²) in [6.07, 6.45) is 1.86. The van der Waals surface area contributed by atoms with Crippen LogP contribution in [0.5, 0.6) is 0 Å². The number of nitrogens with zero attached hydrogens (tertiary/aromatic N) is 3. The number of nitrogens with two attached hydrogens (primary N) is 1. The van der Waals surface area contributed by atoms with Gasteiger partial charge in [0.05, 0.1) is 6.54 Å². The second-order valence-corrected chi connectivity index (χ2v) is 3.76. The van der Waals surface area contributed by atoms with Gasteiger partial charge in [0, 0.05) is 17.8 Å². The Balaban J connectivity index is 2.70. The lowest BCUT2D eigenvalue weighted by molar-refractivity contribution is 0.643. The van der Waals surface area contributed by atoms with Gasteiger partial charge >= 0.3 is 0 Å². The molecule has 1 rings (SSSR count).